The van der Waals surface area contributed by atoms with Crippen molar-refractivity contribution in [2.75, 3.05) is 13.2 Å². The quantitative estimate of drug-likeness (QED) is 0.272. The minimum absolute atomic E-state index is 0.566. The van der Waals surface area contributed by atoms with Crippen LogP contribution in [0, 0.1) is 35.5 Å². The van der Waals surface area contributed by atoms with Gasteiger partial charge in [0.15, 0.2) is 0 Å². The molecule has 1 aromatic carbocycles. The molecule has 3 rings (SSSR count). The molecule has 0 saturated heterocycles. The first kappa shape index (κ1) is 24.8. The Kier molecular flexibility index (Phi) is 11.1. The van der Waals surface area contributed by atoms with Gasteiger partial charge >= 0.3 is 0 Å². The molecule has 2 fully saturated rings. The topological polar surface area (TPSA) is 18.5 Å². The largest absolute Gasteiger partial charge is 0.494 e. The fourth-order valence-electron chi connectivity index (χ4n) is 5.00. The molecule has 176 valence electrons. The van der Waals surface area contributed by atoms with Crippen molar-refractivity contribution in [3.05, 3.63) is 36.4 Å². The summed E-state index contributed by atoms with van der Waals surface area (Å²) in [4.78, 5) is 0. The maximum Gasteiger partial charge on any atom is 0.119 e. The minimum atomic E-state index is 0.566. The third-order valence-corrected chi connectivity index (χ3v) is 7.38. The molecule has 0 unspecified atom stereocenters. The van der Waals surface area contributed by atoms with Gasteiger partial charge in [-0.25, -0.2) is 0 Å². The number of unbranched alkanes of at least 4 members (excludes halogenated alkanes) is 2. The van der Waals surface area contributed by atoms with E-state index in [-0.39, 0.29) is 0 Å². The average Bonchev–Trinajstić information content (AvgIpc) is 2.85. The van der Waals surface area contributed by atoms with Crippen LogP contribution in [0.3, 0.4) is 0 Å². The van der Waals surface area contributed by atoms with Crippen LogP contribution in [0.5, 0.6) is 11.5 Å². The summed E-state index contributed by atoms with van der Waals surface area (Å²) in [6.07, 6.45) is 19.8. The van der Waals surface area contributed by atoms with Gasteiger partial charge in [-0.05, 0) is 106 Å². The second kappa shape index (κ2) is 14.3. The second-order valence-electron chi connectivity index (χ2n) is 9.89. The van der Waals surface area contributed by atoms with Gasteiger partial charge in [-0.3, -0.25) is 0 Å². The van der Waals surface area contributed by atoms with Crippen molar-refractivity contribution in [3.63, 3.8) is 0 Å². The summed E-state index contributed by atoms with van der Waals surface area (Å²) in [5, 5.41) is 0. The molecule has 0 aliphatic heterocycles. The summed E-state index contributed by atoms with van der Waals surface area (Å²) in [7, 11) is 0. The summed E-state index contributed by atoms with van der Waals surface area (Å²) in [6.45, 7) is 6.16. The standard InChI is InChI=1S/C30H44O2/c1-3-5-8-23-31-29-19-21-30(22-20-29)32-24-28-17-15-27(16-18-28)10-7-6-9-26-13-11-25(4-2)12-14-26/h6,9,19-22,25-28H,3-5,8,11-18,23-24H2,1-2H3/b9-6+. The molecular formula is C30H44O2. The minimum Gasteiger partial charge on any atom is -0.494 e. The molecule has 2 saturated carbocycles. The van der Waals surface area contributed by atoms with Crippen LogP contribution in [-0.4, -0.2) is 13.2 Å². The van der Waals surface area contributed by atoms with Crippen molar-refractivity contribution in [2.24, 2.45) is 23.7 Å². The Morgan fingerprint density at radius 2 is 1.47 bits per heavy atom. The zero-order chi connectivity index (χ0) is 22.4. The van der Waals surface area contributed by atoms with Crippen LogP contribution >= 0.6 is 0 Å². The van der Waals surface area contributed by atoms with Gasteiger partial charge in [0.05, 0.1) is 13.2 Å². The van der Waals surface area contributed by atoms with E-state index in [0.717, 1.165) is 43.0 Å². The lowest BCUT2D eigenvalue weighted by molar-refractivity contribution is 0.196. The summed E-state index contributed by atoms with van der Waals surface area (Å²) >= 11 is 0. The first-order chi connectivity index (χ1) is 15.8. The Bertz CT molecular complexity index is 707. The zero-order valence-electron chi connectivity index (χ0n) is 20.5. The normalized spacial score (nSPS) is 25.8. The lowest BCUT2D eigenvalue weighted by Crippen LogP contribution is -2.19. The van der Waals surface area contributed by atoms with Gasteiger partial charge in [-0.2, -0.15) is 0 Å². The van der Waals surface area contributed by atoms with Gasteiger partial charge in [-0.15, -0.1) is 0 Å². The van der Waals surface area contributed by atoms with Crippen molar-refractivity contribution in [1.82, 2.24) is 0 Å². The maximum atomic E-state index is 6.06. The van der Waals surface area contributed by atoms with Crippen LogP contribution in [-0.2, 0) is 0 Å². The maximum absolute atomic E-state index is 6.06. The molecule has 1 aromatic rings. The Labute approximate surface area is 197 Å². The molecule has 2 aliphatic rings. The SMILES string of the molecule is CCCCCOc1ccc(OCC2CCC(C#C/C=C/C3CCC(CC)CC3)CC2)cc1. The zero-order valence-corrected chi connectivity index (χ0v) is 20.5. The number of hydrogen-bond acceptors (Lipinski definition) is 2. The number of hydrogen-bond donors (Lipinski definition) is 0. The third kappa shape index (κ3) is 8.93. The number of ether oxygens (including phenoxy) is 2. The Morgan fingerprint density at radius 1 is 0.812 bits per heavy atom. The van der Waals surface area contributed by atoms with Crippen molar-refractivity contribution < 1.29 is 9.47 Å². The van der Waals surface area contributed by atoms with Crippen LogP contribution in [0.2, 0.25) is 0 Å². The van der Waals surface area contributed by atoms with E-state index in [9.17, 15) is 0 Å². The van der Waals surface area contributed by atoms with Crippen molar-refractivity contribution in [2.45, 2.75) is 90.9 Å². The van der Waals surface area contributed by atoms with E-state index in [2.05, 4.69) is 37.8 Å². The van der Waals surface area contributed by atoms with Gasteiger partial charge < -0.3 is 9.47 Å². The van der Waals surface area contributed by atoms with Gasteiger partial charge in [0.25, 0.3) is 0 Å². The Hall–Kier alpha value is -1.88. The summed E-state index contributed by atoms with van der Waals surface area (Å²) in [5.74, 6) is 11.7. The molecule has 0 aromatic heterocycles. The number of benzene rings is 1. The average molecular weight is 437 g/mol. The molecule has 0 amide bonds. The smallest absolute Gasteiger partial charge is 0.119 e. The lowest BCUT2D eigenvalue weighted by Gasteiger charge is -2.25. The van der Waals surface area contributed by atoms with Crippen LogP contribution in [0.4, 0.5) is 0 Å². The number of allylic oxidation sites excluding steroid dienone is 2. The lowest BCUT2D eigenvalue weighted by atomic mass is 9.81. The Balaban J connectivity index is 1.29. The first-order valence-electron chi connectivity index (χ1n) is 13.3. The summed E-state index contributed by atoms with van der Waals surface area (Å²) in [6, 6.07) is 8.12. The van der Waals surface area contributed by atoms with E-state index >= 15 is 0 Å². The van der Waals surface area contributed by atoms with Crippen LogP contribution in [0.25, 0.3) is 0 Å². The van der Waals surface area contributed by atoms with E-state index in [1.165, 1.54) is 70.6 Å². The van der Waals surface area contributed by atoms with Crippen LogP contribution < -0.4 is 9.47 Å². The summed E-state index contributed by atoms with van der Waals surface area (Å²) < 4.78 is 11.8. The predicted octanol–water partition coefficient (Wildman–Crippen LogP) is 8.22. The third-order valence-electron chi connectivity index (χ3n) is 7.38. The van der Waals surface area contributed by atoms with Gasteiger partial charge in [0.2, 0.25) is 0 Å². The highest BCUT2D eigenvalue weighted by atomic mass is 16.5. The highest BCUT2D eigenvalue weighted by Gasteiger charge is 2.20. The molecule has 0 heterocycles. The van der Waals surface area contributed by atoms with E-state index in [0.29, 0.717) is 11.8 Å². The predicted molar refractivity (Wildman–Crippen MR) is 135 cm³/mol. The molecular weight excluding hydrogens is 392 g/mol. The molecule has 2 aliphatic carbocycles. The van der Waals surface area contributed by atoms with Crippen molar-refractivity contribution in [3.8, 4) is 23.3 Å². The van der Waals surface area contributed by atoms with Gasteiger partial charge in [0.1, 0.15) is 11.5 Å². The van der Waals surface area contributed by atoms with E-state index < -0.39 is 0 Å². The molecule has 0 N–H and O–H groups in total. The second-order valence-corrected chi connectivity index (χ2v) is 9.89. The van der Waals surface area contributed by atoms with Crippen LogP contribution in [0.1, 0.15) is 90.9 Å². The fraction of sp³-hybridized carbons (Fsp3) is 0.667. The molecule has 2 heteroatoms. The molecule has 0 atom stereocenters. The van der Waals surface area contributed by atoms with E-state index in [1.54, 1.807) is 0 Å². The van der Waals surface area contributed by atoms with Crippen molar-refractivity contribution in [1.29, 1.82) is 0 Å². The molecule has 0 radical (unpaired) electrons. The van der Waals surface area contributed by atoms with E-state index in [1.807, 2.05) is 24.3 Å². The fourth-order valence-corrected chi connectivity index (χ4v) is 5.00. The first-order valence-corrected chi connectivity index (χ1v) is 13.3. The molecule has 32 heavy (non-hydrogen) atoms. The molecule has 0 bridgehead atoms. The summed E-state index contributed by atoms with van der Waals surface area (Å²) in [5.41, 5.74) is 0. The monoisotopic (exact) mass is 436 g/mol. The highest BCUT2D eigenvalue weighted by molar-refractivity contribution is 5.31. The number of rotatable bonds is 10. The van der Waals surface area contributed by atoms with Crippen LogP contribution in [0.15, 0.2) is 36.4 Å². The molecule has 0 spiro atoms. The highest BCUT2D eigenvalue weighted by Crippen LogP contribution is 2.31. The van der Waals surface area contributed by atoms with Crippen molar-refractivity contribution >= 4 is 0 Å². The Morgan fingerprint density at radius 3 is 2.12 bits per heavy atom. The van der Waals surface area contributed by atoms with Gasteiger partial charge in [0, 0.05) is 5.92 Å². The van der Waals surface area contributed by atoms with Gasteiger partial charge in [-0.1, -0.05) is 51.0 Å². The molecule has 2 nitrogen and oxygen atoms in total. The van der Waals surface area contributed by atoms with E-state index in [4.69, 9.17) is 9.47 Å².